The Bertz CT molecular complexity index is 213. The van der Waals surface area contributed by atoms with Crippen molar-refractivity contribution >= 4 is 0 Å². The van der Waals surface area contributed by atoms with Crippen LogP contribution in [0.2, 0.25) is 0 Å². The molecule has 5 aliphatic carbocycles. The van der Waals surface area contributed by atoms with E-state index in [0.717, 1.165) is 23.7 Å². The first-order chi connectivity index (χ1) is 4.88. The summed E-state index contributed by atoms with van der Waals surface area (Å²) >= 11 is 0. The van der Waals surface area contributed by atoms with Crippen molar-refractivity contribution in [3.05, 3.63) is 0 Å². The molecule has 0 aromatic rings. The maximum Gasteiger partial charge on any atom is 0.00756 e. The van der Waals surface area contributed by atoms with Crippen LogP contribution in [0, 0.1) is 35.5 Å². The van der Waals surface area contributed by atoms with Crippen LogP contribution < -0.4 is 5.73 Å². The number of hydrogen-bond donors (Lipinski definition) is 1. The highest BCUT2D eigenvalue weighted by Gasteiger charge is 2.77. The molecule has 0 aromatic heterocycles. The molecule has 5 aliphatic rings. The van der Waals surface area contributed by atoms with Crippen LogP contribution in [0.5, 0.6) is 0 Å². The van der Waals surface area contributed by atoms with Crippen molar-refractivity contribution in [3.63, 3.8) is 0 Å². The van der Waals surface area contributed by atoms with Crippen molar-refractivity contribution in [2.24, 2.45) is 41.2 Å². The van der Waals surface area contributed by atoms with Gasteiger partial charge in [0.15, 0.2) is 0 Å². The lowest BCUT2D eigenvalue weighted by atomic mass is 9.96. The standard InChI is InChI=1S/C9H13N/c10-6-2-4-3-1-5-7(4)9(5)8(3)6/h3-9H,1-2,10H2. The van der Waals surface area contributed by atoms with E-state index in [0.29, 0.717) is 6.04 Å². The average Bonchev–Trinajstić information content (AvgIpc) is 2.34. The van der Waals surface area contributed by atoms with Gasteiger partial charge in [0.25, 0.3) is 0 Å². The zero-order chi connectivity index (χ0) is 6.46. The third-order valence-corrected chi connectivity index (χ3v) is 4.86. The van der Waals surface area contributed by atoms with E-state index in [4.69, 9.17) is 5.73 Å². The number of rotatable bonds is 0. The van der Waals surface area contributed by atoms with Gasteiger partial charge in [-0.2, -0.15) is 0 Å². The minimum absolute atomic E-state index is 0.615. The molecule has 10 heavy (non-hydrogen) atoms. The van der Waals surface area contributed by atoms with Gasteiger partial charge in [0, 0.05) is 6.04 Å². The Balaban J connectivity index is 1.93. The first-order valence-corrected chi connectivity index (χ1v) is 4.63. The van der Waals surface area contributed by atoms with Crippen LogP contribution in [-0.4, -0.2) is 6.04 Å². The van der Waals surface area contributed by atoms with Crippen molar-refractivity contribution in [3.8, 4) is 0 Å². The molecule has 2 N–H and O–H groups in total. The van der Waals surface area contributed by atoms with Crippen molar-refractivity contribution in [2.45, 2.75) is 18.9 Å². The van der Waals surface area contributed by atoms with Crippen LogP contribution in [0.4, 0.5) is 0 Å². The van der Waals surface area contributed by atoms with Crippen molar-refractivity contribution in [2.75, 3.05) is 0 Å². The van der Waals surface area contributed by atoms with Gasteiger partial charge < -0.3 is 5.73 Å². The van der Waals surface area contributed by atoms with Crippen LogP contribution >= 0.6 is 0 Å². The largest absolute Gasteiger partial charge is 0.327 e. The maximum atomic E-state index is 6.05. The Morgan fingerprint density at radius 3 is 2.10 bits per heavy atom. The minimum atomic E-state index is 0.615. The van der Waals surface area contributed by atoms with E-state index in [-0.39, 0.29) is 0 Å². The van der Waals surface area contributed by atoms with E-state index in [1.54, 1.807) is 6.42 Å². The maximum absolute atomic E-state index is 6.05. The summed E-state index contributed by atoms with van der Waals surface area (Å²) in [5.41, 5.74) is 6.05. The zero-order valence-electron chi connectivity index (χ0n) is 6.03. The Kier molecular flexibility index (Phi) is 0.513. The summed E-state index contributed by atoms with van der Waals surface area (Å²) < 4.78 is 0. The third kappa shape index (κ3) is 0.268. The van der Waals surface area contributed by atoms with Gasteiger partial charge in [0.05, 0.1) is 0 Å². The van der Waals surface area contributed by atoms with Gasteiger partial charge >= 0.3 is 0 Å². The van der Waals surface area contributed by atoms with Crippen LogP contribution in [0.25, 0.3) is 0 Å². The molecular formula is C9H13N. The fraction of sp³-hybridized carbons (Fsp3) is 1.00. The molecule has 7 atom stereocenters. The molecule has 0 spiro atoms. The minimum Gasteiger partial charge on any atom is -0.327 e. The summed E-state index contributed by atoms with van der Waals surface area (Å²) in [5.74, 6) is 6.71. The molecule has 0 aromatic carbocycles. The molecule has 0 aliphatic heterocycles. The molecule has 0 heterocycles. The molecule has 1 nitrogen and oxygen atoms in total. The molecule has 5 saturated carbocycles. The third-order valence-electron chi connectivity index (χ3n) is 4.86. The molecule has 5 rings (SSSR count). The smallest absolute Gasteiger partial charge is 0.00756 e. The van der Waals surface area contributed by atoms with E-state index in [9.17, 15) is 0 Å². The summed E-state index contributed by atoms with van der Waals surface area (Å²) in [6.07, 6.45) is 2.95. The molecule has 0 saturated heterocycles. The van der Waals surface area contributed by atoms with Gasteiger partial charge in [-0.15, -0.1) is 0 Å². The van der Waals surface area contributed by atoms with Crippen molar-refractivity contribution in [1.82, 2.24) is 0 Å². The fourth-order valence-electron chi connectivity index (χ4n) is 4.80. The summed E-state index contributed by atoms with van der Waals surface area (Å²) in [6.45, 7) is 0. The fourth-order valence-corrected chi connectivity index (χ4v) is 4.80. The van der Waals surface area contributed by atoms with E-state index in [2.05, 4.69) is 0 Å². The van der Waals surface area contributed by atoms with Gasteiger partial charge in [0.1, 0.15) is 0 Å². The van der Waals surface area contributed by atoms with E-state index >= 15 is 0 Å². The van der Waals surface area contributed by atoms with E-state index in [1.165, 1.54) is 18.3 Å². The number of hydrogen-bond acceptors (Lipinski definition) is 1. The van der Waals surface area contributed by atoms with Crippen molar-refractivity contribution < 1.29 is 0 Å². The highest BCUT2D eigenvalue weighted by molar-refractivity contribution is 5.25. The molecule has 6 bridgehead atoms. The number of nitrogens with two attached hydrogens (primary N) is 1. The Labute approximate surface area is 61.0 Å². The lowest BCUT2D eigenvalue weighted by molar-refractivity contribution is 0.392. The predicted molar refractivity (Wildman–Crippen MR) is 38.1 cm³/mol. The monoisotopic (exact) mass is 135 g/mol. The van der Waals surface area contributed by atoms with Crippen LogP contribution in [0.15, 0.2) is 0 Å². The molecule has 5 fully saturated rings. The highest BCUT2D eigenvalue weighted by atomic mass is 14.9. The normalized spacial score (nSPS) is 80.7. The van der Waals surface area contributed by atoms with Gasteiger partial charge in [-0.05, 0) is 48.3 Å². The molecule has 1 heteroatoms. The molecule has 54 valence electrons. The van der Waals surface area contributed by atoms with Gasteiger partial charge in [-0.25, -0.2) is 0 Å². The van der Waals surface area contributed by atoms with E-state index in [1.807, 2.05) is 0 Å². The van der Waals surface area contributed by atoms with Crippen molar-refractivity contribution in [1.29, 1.82) is 0 Å². The first-order valence-electron chi connectivity index (χ1n) is 4.63. The highest BCUT2D eigenvalue weighted by Crippen LogP contribution is 2.80. The SMILES string of the molecule is NC1CC2C3CC4C2C4C13. The predicted octanol–water partition coefficient (Wildman–Crippen LogP) is 0.845. The van der Waals surface area contributed by atoms with Crippen LogP contribution in [-0.2, 0) is 0 Å². The average molecular weight is 135 g/mol. The second-order valence-electron chi connectivity index (χ2n) is 4.86. The van der Waals surface area contributed by atoms with E-state index < -0.39 is 0 Å². The summed E-state index contributed by atoms with van der Waals surface area (Å²) in [7, 11) is 0. The van der Waals surface area contributed by atoms with Crippen LogP contribution in [0.3, 0.4) is 0 Å². The second kappa shape index (κ2) is 1.08. The lowest BCUT2D eigenvalue weighted by Gasteiger charge is -2.15. The second-order valence-corrected chi connectivity index (χ2v) is 4.86. The summed E-state index contributed by atoms with van der Waals surface area (Å²) in [6, 6.07) is 0.615. The summed E-state index contributed by atoms with van der Waals surface area (Å²) in [4.78, 5) is 0. The molecule has 0 amide bonds. The lowest BCUT2D eigenvalue weighted by Crippen LogP contribution is -2.28. The van der Waals surface area contributed by atoms with Gasteiger partial charge in [0.2, 0.25) is 0 Å². The Morgan fingerprint density at radius 1 is 0.800 bits per heavy atom. The first kappa shape index (κ1) is 4.76. The molecule has 7 unspecified atom stereocenters. The molecule has 0 radical (unpaired) electrons. The quantitative estimate of drug-likeness (QED) is 0.523. The molecular weight excluding hydrogens is 122 g/mol. The summed E-state index contributed by atoms with van der Waals surface area (Å²) in [5, 5.41) is 0. The Morgan fingerprint density at radius 2 is 1.60 bits per heavy atom. The Hall–Kier alpha value is -0.0400. The topological polar surface area (TPSA) is 26.0 Å². The van der Waals surface area contributed by atoms with Gasteiger partial charge in [-0.3, -0.25) is 0 Å². The van der Waals surface area contributed by atoms with Gasteiger partial charge in [-0.1, -0.05) is 0 Å². The van der Waals surface area contributed by atoms with Crippen LogP contribution in [0.1, 0.15) is 12.8 Å². The zero-order valence-corrected chi connectivity index (χ0v) is 6.03.